The van der Waals surface area contributed by atoms with E-state index in [-0.39, 0.29) is 12.5 Å². The Morgan fingerprint density at radius 2 is 1.95 bits per heavy atom. The summed E-state index contributed by atoms with van der Waals surface area (Å²) in [5.41, 5.74) is 0.469. The van der Waals surface area contributed by atoms with Crippen molar-refractivity contribution in [1.29, 1.82) is 0 Å². The number of carbonyl (C=O) groups is 2. The van der Waals surface area contributed by atoms with Crippen LogP contribution >= 0.6 is 0 Å². The predicted molar refractivity (Wildman–Crippen MR) is 75.6 cm³/mol. The fourth-order valence-electron chi connectivity index (χ4n) is 2.10. The first-order valence-electron chi connectivity index (χ1n) is 6.91. The van der Waals surface area contributed by atoms with Gasteiger partial charge in [-0.2, -0.15) is 0 Å². The van der Waals surface area contributed by atoms with Crippen LogP contribution in [0.1, 0.15) is 23.7 Å². The summed E-state index contributed by atoms with van der Waals surface area (Å²) in [7, 11) is 1.31. The fraction of sp³-hybridized carbons (Fsp3) is 0.467. The average molecular weight is 293 g/mol. The van der Waals surface area contributed by atoms with Crippen molar-refractivity contribution in [1.82, 2.24) is 4.90 Å². The summed E-state index contributed by atoms with van der Waals surface area (Å²) in [4.78, 5) is 25.4. The maximum atomic E-state index is 12.5. The first-order chi connectivity index (χ1) is 10.2. The molecule has 1 heterocycles. The summed E-state index contributed by atoms with van der Waals surface area (Å²) in [6.45, 7) is 3.34. The van der Waals surface area contributed by atoms with Crippen LogP contribution < -0.4 is 9.47 Å². The molecule has 114 valence electrons. The molecule has 2 rings (SSSR count). The molecular formula is C15H19NO5. The second-order valence-corrected chi connectivity index (χ2v) is 4.66. The molecule has 1 aromatic rings. The second kappa shape index (κ2) is 6.97. The number of amides is 1. The number of carbonyl (C=O) groups excluding carboxylic acids is 2. The van der Waals surface area contributed by atoms with E-state index in [1.807, 2.05) is 6.92 Å². The minimum atomic E-state index is -0.436. The Morgan fingerprint density at radius 1 is 1.24 bits per heavy atom. The van der Waals surface area contributed by atoms with E-state index in [4.69, 9.17) is 9.47 Å². The number of ether oxygens (including phenoxy) is 3. The van der Waals surface area contributed by atoms with Crippen molar-refractivity contribution in [3.63, 3.8) is 0 Å². The zero-order valence-electron chi connectivity index (χ0n) is 12.3. The van der Waals surface area contributed by atoms with Crippen LogP contribution in [0.3, 0.4) is 0 Å². The van der Waals surface area contributed by atoms with Gasteiger partial charge in [0.05, 0.1) is 7.11 Å². The van der Waals surface area contributed by atoms with E-state index < -0.39 is 5.97 Å². The fourth-order valence-corrected chi connectivity index (χ4v) is 2.10. The lowest BCUT2D eigenvalue weighted by atomic mass is 10.1. The Morgan fingerprint density at radius 3 is 2.62 bits per heavy atom. The van der Waals surface area contributed by atoms with Gasteiger partial charge in [-0.25, -0.2) is 0 Å². The number of rotatable bonds is 5. The van der Waals surface area contributed by atoms with Gasteiger partial charge in [-0.3, -0.25) is 9.59 Å². The average Bonchev–Trinajstić information content (AvgIpc) is 2.53. The van der Waals surface area contributed by atoms with Crippen molar-refractivity contribution < 1.29 is 23.8 Å². The highest BCUT2D eigenvalue weighted by Gasteiger charge is 2.21. The molecule has 0 fully saturated rings. The number of benzene rings is 1. The molecule has 1 aliphatic heterocycles. The number of hydrogen-bond donors (Lipinski definition) is 0. The van der Waals surface area contributed by atoms with Gasteiger partial charge in [0, 0.05) is 12.1 Å². The maximum absolute atomic E-state index is 12.5. The van der Waals surface area contributed by atoms with Crippen LogP contribution in [0.2, 0.25) is 0 Å². The Labute approximate surface area is 123 Å². The highest BCUT2D eigenvalue weighted by atomic mass is 16.6. The molecule has 0 unspecified atom stereocenters. The van der Waals surface area contributed by atoms with Crippen molar-refractivity contribution in [3.05, 3.63) is 23.8 Å². The third-order valence-corrected chi connectivity index (χ3v) is 3.12. The number of fused-ring (bicyclic) bond motifs is 1. The molecular weight excluding hydrogens is 274 g/mol. The van der Waals surface area contributed by atoms with Crippen LogP contribution in [0.15, 0.2) is 18.2 Å². The van der Waals surface area contributed by atoms with Crippen molar-refractivity contribution in [2.24, 2.45) is 0 Å². The van der Waals surface area contributed by atoms with Gasteiger partial charge in [0.25, 0.3) is 5.91 Å². The highest BCUT2D eigenvalue weighted by molar-refractivity contribution is 5.96. The van der Waals surface area contributed by atoms with E-state index in [0.29, 0.717) is 36.8 Å². The van der Waals surface area contributed by atoms with Crippen molar-refractivity contribution >= 4 is 11.9 Å². The molecule has 0 saturated carbocycles. The highest BCUT2D eigenvalue weighted by Crippen LogP contribution is 2.31. The largest absolute Gasteiger partial charge is 0.486 e. The summed E-state index contributed by atoms with van der Waals surface area (Å²) < 4.78 is 15.5. The van der Waals surface area contributed by atoms with Crippen LogP contribution in [0, 0.1) is 0 Å². The lowest BCUT2D eigenvalue weighted by molar-refractivity contribution is -0.141. The SMILES string of the molecule is CCCN(CC(=O)OC)C(=O)c1ccc2c(c1)OCCO2. The van der Waals surface area contributed by atoms with Gasteiger partial charge in [0.15, 0.2) is 11.5 Å². The summed E-state index contributed by atoms with van der Waals surface area (Å²) in [6.07, 6.45) is 0.757. The quantitative estimate of drug-likeness (QED) is 0.769. The molecule has 0 bridgehead atoms. The second-order valence-electron chi connectivity index (χ2n) is 4.66. The van der Waals surface area contributed by atoms with Gasteiger partial charge in [0.2, 0.25) is 0 Å². The molecule has 0 spiro atoms. The van der Waals surface area contributed by atoms with E-state index in [9.17, 15) is 9.59 Å². The first kappa shape index (κ1) is 15.2. The van der Waals surface area contributed by atoms with Gasteiger partial charge >= 0.3 is 5.97 Å². The van der Waals surface area contributed by atoms with Crippen LogP contribution in [0.25, 0.3) is 0 Å². The van der Waals surface area contributed by atoms with E-state index >= 15 is 0 Å². The van der Waals surface area contributed by atoms with Crippen LogP contribution in [0.5, 0.6) is 11.5 Å². The Kier molecular flexibility index (Phi) is 5.03. The van der Waals surface area contributed by atoms with Crippen molar-refractivity contribution in [2.75, 3.05) is 33.4 Å². The first-order valence-corrected chi connectivity index (χ1v) is 6.91. The molecule has 0 aliphatic carbocycles. The number of esters is 1. The summed E-state index contributed by atoms with van der Waals surface area (Å²) in [5, 5.41) is 0. The minimum Gasteiger partial charge on any atom is -0.486 e. The molecule has 6 nitrogen and oxygen atoms in total. The van der Waals surface area contributed by atoms with Crippen molar-refractivity contribution in [2.45, 2.75) is 13.3 Å². The van der Waals surface area contributed by atoms with Gasteiger partial charge < -0.3 is 19.1 Å². The van der Waals surface area contributed by atoms with Gasteiger partial charge in [-0.05, 0) is 24.6 Å². The molecule has 1 aromatic carbocycles. The molecule has 21 heavy (non-hydrogen) atoms. The molecule has 6 heteroatoms. The van der Waals surface area contributed by atoms with E-state index in [2.05, 4.69) is 4.74 Å². The predicted octanol–water partition coefficient (Wildman–Crippen LogP) is 1.48. The Hall–Kier alpha value is -2.24. The molecule has 1 amide bonds. The minimum absolute atomic E-state index is 0.0579. The Balaban J connectivity index is 2.17. The van der Waals surface area contributed by atoms with Gasteiger partial charge in [0.1, 0.15) is 19.8 Å². The molecule has 0 saturated heterocycles. The summed E-state index contributed by atoms with van der Waals surface area (Å²) >= 11 is 0. The van der Waals surface area contributed by atoms with Crippen LogP contribution in [0.4, 0.5) is 0 Å². The van der Waals surface area contributed by atoms with Gasteiger partial charge in [-0.1, -0.05) is 6.92 Å². The molecule has 0 atom stereocenters. The van der Waals surface area contributed by atoms with E-state index in [1.54, 1.807) is 18.2 Å². The van der Waals surface area contributed by atoms with Crippen LogP contribution in [-0.4, -0.2) is 50.2 Å². The smallest absolute Gasteiger partial charge is 0.325 e. The maximum Gasteiger partial charge on any atom is 0.325 e. The van der Waals surface area contributed by atoms with Gasteiger partial charge in [-0.15, -0.1) is 0 Å². The third kappa shape index (κ3) is 3.65. The molecule has 0 N–H and O–H groups in total. The van der Waals surface area contributed by atoms with E-state index in [1.165, 1.54) is 12.0 Å². The monoisotopic (exact) mass is 293 g/mol. The zero-order valence-corrected chi connectivity index (χ0v) is 12.3. The number of nitrogens with zero attached hydrogens (tertiary/aromatic N) is 1. The lowest BCUT2D eigenvalue weighted by Gasteiger charge is -2.22. The normalized spacial score (nSPS) is 12.7. The van der Waals surface area contributed by atoms with Crippen LogP contribution in [-0.2, 0) is 9.53 Å². The molecule has 0 radical (unpaired) electrons. The summed E-state index contributed by atoms with van der Waals surface area (Å²) in [5.74, 6) is 0.531. The Bertz CT molecular complexity index is 529. The summed E-state index contributed by atoms with van der Waals surface area (Å²) in [6, 6.07) is 5.04. The standard InChI is InChI=1S/C15H19NO5/c1-3-6-16(10-14(17)19-2)15(18)11-4-5-12-13(9-11)21-8-7-20-12/h4-5,9H,3,6-8,10H2,1-2H3. The molecule has 0 aromatic heterocycles. The third-order valence-electron chi connectivity index (χ3n) is 3.12. The van der Waals surface area contributed by atoms with Crippen molar-refractivity contribution in [3.8, 4) is 11.5 Å². The number of hydrogen-bond acceptors (Lipinski definition) is 5. The lowest BCUT2D eigenvalue weighted by Crippen LogP contribution is -2.36. The number of methoxy groups -OCH3 is 1. The zero-order chi connectivity index (χ0) is 15.2. The van der Waals surface area contributed by atoms with E-state index in [0.717, 1.165) is 6.42 Å². The topological polar surface area (TPSA) is 65.1 Å². The molecule has 1 aliphatic rings.